The number of aromatic nitrogens is 1. The van der Waals surface area contributed by atoms with Crippen molar-refractivity contribution in [1.29, 1.82) is 0 Å². The van der Waals surface area contributed by atoms with Crippen molar-refractivity contribution in [3.63, 3.8) is 0 Å². The van der Waals surface area contributed by atoms with Crippen LogP contribution in [0, 0.1) is 0 Å². The normalized spacial score (nSPS) is 20.4. The van der Waals surface area contributed by atoms with Crippen LogP contribution in [0.1, 0.15) is 31.0 Å². The fourth-order valence-electron chi connectivity index (χ4n) is 2.49. The third-order valence-electron chi connectivity index (χ3n) is 3.35. The summed E-state index contributed by atoms with van der Waals surface area (Å²) in [4.78, 5) is 6.94. The van der Waals surface area contributed by atoms with Crippen molar-refractivity contribution in [1.82, 2.24) is 9.88 Å². The van der Waals surface area contributed by atoms with Crippen LogP contribution < -0.4 is 5.73 Å². The summed E-state index contributed by atoms with van der Waals surface area (Å²) in [6.45, 7) is 5.87. The van der Waals surface area contributed by atoms with Gasteiger partial charge in [0.25, 0.3) is 0 Å². The third-order valence-corrected chi connectivity index (χ3v) is 3.56. The molecule has 0 amide bonds. The monoisotopic (exact) mass is 279 g/mol. The minimum atomic E-state index is 0.354. The number of nitrogens with zero attached hydrogens (tertiary/aromatic N) is 2. The van der Waals surface area contributed by atoms with Crippen molar-refractivity contribution in [3.8, 4) is 0 Å². The molecule has 104 valence electrons. The van der Waals surface area contributed by atoms with E-state index in [0.717, 1.165) is 26.2 Å². The maximum absolute atomic E-state index is 5.72. The summed E-state index contributed by atoms with van der Waals surface area (Å²) >= 11 is 4.96. The number of likely N-dealkylation sites (tertiary alicyclic amines) is 1. The van der Waals surface area contributed by atoms with Gasteiger partial charge >= 0.3 is 0 Å². The van der Waals surface area contributed by atoms with Gasteiger partial charge in [0.1, 0.15) is 4.99 Å². The van der Waals surface area contributed by atoms with Crippen molar-refractivity contribution in [2.24, 2.45) is 5.73 Å². The lowest BCUT2D eigenvalue weighted by atomic mass is 10.1. The molecule has 1 aliphatic rings. The second kappa shape index (κ2) is 6.93. The van der Waals surface area contributed by atoms with Gasteiger partial charge in [0.15, 0.2) is 0 Å². The topological polar surface area (TPSA) is 51.4 Å². The SMILES string of the molecule is CCOC1CCCN(Cc2ccnc(C(N)=S)c2)C1. The lowest BCUT2D eigenvalue weighted by Crippen LogP contribution is -2.39. The highest BCUT2D eigenvalue weighted by molar-refractivity contribution is 7.80. The Labute approximate surface area is 120 Å². The van der Waals surface area contributed by atoms with E-state index < -0.39 is 0 Å². The summed E-state index contributed by atoms with van der Waals surface area (Å²) in [5.41, 5.74) is 7.52. The molecule has 0 bridgehead atoms. The summed E-state index contributed by atoms with van der Waals surface area (Å²) in [6.07, 6.45) is 4.50. The van der Waals surface area contributed by atoms with Crippen LogP contribution in [0.3, 0.4) is 0 Å². The van der Waals surface area contributed by atoms with Gasteiger partial charge in [-0.1, -0.05) is 12.2 Å². The van der Waals surface area contributed by atoms with Crippen LogP contribution in [0.5, 0.6) is 0 Å². The second-order valence-corrected chi connectivity index (χ2v) is 5.31. The smallest absolute Gasteiger partial charge is 0.122 e. The van der Waals surface area contributed by atoms with Crippen molar-refractivity contribution in [3.05, 3.63) is 29.6 Å². The number of hydrogen-bond acceptors (Lipinski definition) is 4. The van der Waals surface area contributed by atoms with E-state index >= 15 is 0 Å². The maximum atomic E-state index is 5.72. The van der Waals surface area contributed by atoms with Crippen molar-refractivity contribution in [2.45, 2.75) is 32.4 Å². The molecule has 2 N–H and O–H groups in total. The van der Waals surface area contributed by atoms with Gasteiger partial charge in [-0.15, -0.1) is 0 Å². The molecule has 0 radical (unpaired) electrons. The molecule has 1 saturated heterocycles. The first-order valence-corrected chi connectivity index (χ1v) is 7.18. The molecule has 1 aromatic heterocycles. The Kier molecular flexibility index (Phi) is 5.24. The first-order chi connectivity index (χ1) is 9.19. The number of hydrogen-bond donors (Lipinski definition) is 1. The van der Waals surface area contributed by atoms with E-state index in [9.17, 15) is 0 Å². The highest BCUT2D eigenvalue weighted by atomic mass is 32.1. The maximum Gasteiger partial charge on any atom is 0.122 e. The van der Waals surface area contributed by atoms with Crippen LogP contribution in [0.2, 0.25) is 0 Å². The van der Waals surface area contributed by atoms with Crippen molar-refractivity contribution in [2.75, 3.05) is 19.7 Å². The van der Waals surface area contributed by atoms with Gasteiger partial charge in [-0.05, 0) is 44.0 Å². The van der Waals surface area contributed by atoms with Crippen LogP contribution in [0.15, 0.2) is 18.3 Å². The molecule has 1 aromatic rings. The molecule has 1 fully saturated rings. The Morgan fingerprint density at radius 1 is 1.63 bits per heavy atom. The van der Waals surface area contributed by atoms with Crippen LogP contribution in [-0.2, 0) is 11.3 Å². The lowest BCUT2D eigenvalue weighted by Gasteiger charge is -2.32. The Hall–Kier alpha value is -1.04. The van der Waals surface area contributed by atoms with Gasteiger partial charge in [0.05, 0.1) is 11.8 Å². The molecular formula is C14H21N3OS. The van der Waals surface area contributed by atoms with E-state index in [-0.39, 0.29) is 0 Å². The molecule has 0 aliphatic carbocycles. The van der Waals surface area contributed by atoms with Gasteiger partial charge < -0.3 is 10.5 Å². The van der Waals surface area contributed by atoms with E-state index in [2.05, 4.69) is 16.8 Å². The highest BCUT2D eigenvalue weighted by Gasteiger charge is 2.20. The van der Waals surface area contributed by atoms with Gasteiger partial charge in [-0.25, -0.2) is 0 Å². The van der Waals surface area contributed by atoms with E-state index in [1.807, 2.05) is 12.1 Å². The zero-order chi connectivity index (χ0) is 13.7. The van der Waals surface area contributed by atoms with Crippen LogP contribution in [0.25, 0.3) is 0 Å². The summed E-state index contributed by atoms with van der Waals surface area (Å²) < 4.78 is 5.72. The molecule has 1 atom stereocenters. The molecule has 0 spiro atoms. The Bertz CT molecular complexity index is 436. The fourth-order valence-corrected chi connectivity index (χ4v) is 2.61. The molecule has 0 saturated carbocycles. The largest absolute Gasteiger partial charge is 0.388 e. The Morgan fingerprint density at radius 2 is 2.47 bits per heavy atom. The highest BCUT2D eigenvalue weighted by Crippen LogP contribution is 2.16. The standard InChI is InChI=1S/C14H21N3OS/c1-2-18-12-4-3-7-17(10-12)9-11-5-6-16-13(8-11)14(15)19/h5-6,8,12H,2-4,7,9-10H2,1H3,(H2,15,19). The second-order valence-electron chi connectivity index (χ2n) is 4.87. The zero-order valence-electron chi connectivity index (χ0n) is 11.3. The zero-order valence-corrected chi connectivity index (χ0v) is 12.2. The quantitative estimate of drug-likeness (QED) is 0.832. The first kappa shape index (κ1) is 14.4. The molecule has 0 aromatic carbocycles. The molecule has 4 nitrogen and oxygen atoms in total. The summed E-state index contributed by atoms with van der Waals surface area (Å²) in [5, 5.41) is 0. The molecule has 2 rings (SSSR count). The third kappa shape index (κ3) is 4.23. The average molecular weight is 279 g/mol. The Morgan fingerprint density at radius 3 is 3.21 bits per heavy atom. The van der Waals surface area contributed by atoms with Crippen LogP contribution >= 0.6 is 12.2 Å². The van der Waals surface area contributed by atoms with Gasteiger partial charge in [-0.3, -0.25) is 9.88 Å². The van der Waals surface area contributed by atoms with Crippen LogP contribution in [0.4, 0.5) is 0 Å². The average Bonchev–Trinajstić information content (AvgIpc) is 2.40. The Balaban J connectivity index is 1.96. The number of nitrogens with two attached hydrogens (primary N) is 1. The number of piperidine rings is 1. The van der Waals surface area contributed by atoms with E-state index in [0.29, 0.717) is 16.8 Å². The minimum absolute atomic E-state index is 0.354. The fraction of sp³-hybridized carbons (Fsp3) is 0.571. The number of thiocarbonyl (C=S) groups is 1. The summed E-state index contributed by atoms with van der Waals surface area (Å²) in [6, 6.07) is 4.00. The van der Waals surface area contributed by atoms with Crippen LogP contribution in [-0.4, -0.2) is 40.7 Å². The van der Waals surface area contributed by atoms with Gasteiger partial charge in [-0.2, -0.15) is 0 Å². The summed E-state index contributed by atoms with van der Waals surface area (Å²) in [5.74, 6) is 0. The van der Waals surface area contributed by atoms with E-state index in [1.54, 1.807) is 6.20 Å². The van der Waals surface area contributed by atoms with Crippen molar-refractivity contribution < 1.29 is 4.74 Å². The molecule has 1 aliphatic heterocycles. The lowest BCUT2D eigenvalue weighted by molar-refractivity contribution is 0.00363. The predicted octanol–water partition coefficient (Wildman–Crippen LogP) is 1.72. The van der Waals surface area contributed by atoms with E-state index in [4.69, 9.17) is 22.7 Å². The first-order valence-electron chi connectivity index (χ1n) is 6.77. The van der Waals surface area contributed by atoms with E-state index in [1.165, 1.54) is 18.4 Å². The van der Waals surface area contributed by atoms with Gasteiger partial charge in [0.2, 0.25) is 0 Å². The minimum Gasteiger partial charge on any atom is -0.388 e. The molecule has 1 unspecified atom stereocenters. The van der Waals surface area contributed by atoms with Gasteiger partial charge in [0, 0.05) is 25.9 Å². The number of rotatable bonds is 5. The molecule has 5 heteroatoms. The predicted molar refractivity (Wildman–Crippen MR) is 80.0 cm³/mol. The number of ether oxygens (including phenoxy) is 1. The molecular weight excluding hydrogens is 258 g/mol. The summed E-state index contributed by atoms with van der Waals surface area (Å²) in [7, 11) is 0. The molecule has 19 heavy (non-hydrogen) atoms. The molecule has 2 heterocycles. The number of pyridine rings is 1. The van der Waals surface area contributed by atoms with Crippen molar-refractivity contribution >= 4 is 17.2 Å².